The van der Waals surface area contributed by atoms with Crippen LogP contribution in [0.1, 0.15) is 11.1 Å². The lowest BCUT2D eigenvalue weighted by Crippen LogP contribution is -2.15. The minimum absolute atomic E-state index is 0.148. The largest absolute Gasteiger partial charge is 0.482 e. The zero-order valence-electron chi connectivity index (χ0n) is 15.4. The van der Waals surface area contributed by atoms with Gasteiger partial charge in [-0.2, -0.15) is 0 Å². The number of benzene rings is 4. The van der Waals surface area contributed by atoms with Crippen LogP contribution in [0.25, 0.3) is 21.5 Å². The van der Waals surface area contributed by atoms with Gasteiger partial charge >= 0.3 is 5.97 Å². The van der Waals surface area contributed by atoms with E-state index < -0.39 is 5.97 Å². The first kappa shape index (κ1) is 18.3. The molecule has 0 spiro atoms. The van der Waals surface area contributed by atoms with Crippen LogP contribution < -0.4 is 4.74 Å². The van der Waals surface area contributed by atoms with E-state index in [4.69, 9.17) is 21.1 Å². The summed E-state index contributed by atoms with van der Waals surface area (Å²) in [6, 6.07) is 23.7. The van der Waals surface area contributed by atoms with Gasteiger partial charge in [-0.15, -0.1) is 0 Å². The number of carbonyl (C=O) groups is 1. The molecule has 0 aliphatic rings. The number of fused-ring (bicyclic) bond motifs is 2. The maximum atomic E-state index is 12.3. The number of hydrogen-bond donors (Lipinski definition) is 0. The molecule has 0 fully saturated rings. The summed E-state index contributed by atoms with van der Waals surface area (Å²) in [5.41, 5.74) is 1.88. The molecule has 0 saturated heterocycles. The van der Waals surface area contributed by atoms with Crippen molar-refractivity contribution in [2.24, 2.45) is 0 Å². The van der Waals surface area contributed by atoms with Crippen molar-refractivity contribution in [3.8, 4) is 5.75 Å². The molecule has 0 aromatic heterocycles. The van der Waals surface area contributed by atoms with Gasteiger partial charge in [0.1, 0.15) is 12.4 Å². The molecule has 0 aliphatic heterocycles. The molecule has 4 aromatic carbocycles. The molecule has 0 saturated carbocycles. The quantitative estimate of drug-likeness (QED) is 0.306. The predicted molar refractivity (Wildman–Crippen MR) is 113 cm³/mol. The second-order valence-corrected chi connectivity index (χ2v) is 7.09. The van der Waals surface area contributed by atoms with E-state index >= 15 is 0 Å². The summed E-state index contributed by atoms with van der Waals surface area (Å²) in [5.74, 6) is 0.211. The minimum Gasteiger partial charge on any atom is -0.482 e. The molecule has 140 valence electrons. The Morgan fingerprint density at radius 2 is 1.54 bits per heavy atom. The fourth-order valence-electron chi connectivity index (χ4n) is 3.37. The first-order chi connectivity index (χ1) is 13.6. The number of aryl methyl sites for hydroxylation is 1. The van der Waals surface area contributed by atoms with Gasteiger partial charge in [0.25, 0.3) is 0 Å². The normalized spacial score (nSPS) is 10.9. The van der Waals surface area contributed by atoms with Crippen molar-refractivity contribution in [2.45, 2.75) is 13.5 Å². The molecule has 0 heterocycles. The third-order valence-corrected chi connectivity index (χ3v) is 4.98. The summed E-state index contributed by atoms with van der Waals surface area (Å²) < 4.78 is 11.1. The standard InChI is InChI=1S/C24H19ClO3/c1-16-12-19(25)10-11-23(16)27-15-24(26)28-14-22-20-8-4-2-6-17(20)13-18-7-3-5-9-21(18)22/h2-13H,14-15H2,1H3. The van der Waals surface area contributed by atoms with Crippen LogP contribution in [0.5, 0.6) is 5.75 Å². The van der Waals surface area contributed by atoms with Crippen LogP contribution in [0.15, 0.2) is 72.8 Å². The highest BCUT2D eigenvalue weighted by molar-refractivity contribution is 6.30. The SMILES string of the molecule is Cc1cc(Cl)ccc1OCC(=O)OCc1c2ccccc2cc2ccccc12. The highest BCUT2D eigenvalue weighted by Crippen LogP contribution is 2.29. The number of rotatable bonds is 5. The smallest absolute Gasteiger partial charge is 0.344 e. The summed E-state index contributed by atoms with van der Waals surface area (Å²) in [6.45, 7) is 1.93. The van der Waals surface area contributed by atoms with Gasteiger partial charge in [-0.25, -0.2) is 4.79 Å². The lowest BCUT2D eigenvalue weighted by Gasteiger charge is -2.13. The van der Waals surface area contributed by atoms with Gasteiger partial charge in [-0.05, 0) is 58.3 Å². The number of ether oxygens (including phenoxy) is 2. The maximum absolute atomic E-state index is 12.3. The molecular weight excluding hydrogens is 372 g/mol. The molecule has 4 rings (SSSR count). The molecule has 0 bridgehead atoms. The van der Waals surface area contributed by atoms with Gasteiger partial charge in [-0.1, -0.05) is 60.1 Å². The van der Waals surface area contributed by atoms with Crippen LogP contribution in [-0.2, 0) is 16.1 Å². The monoisotopic (exact) mass is 390 g/mol. The Morgan fingerprint density at radius 1 is 0.893 bits per heavy atom. The number of halogens is 1. The van der Waals surface area contributed by atoms with Crippen molar-refractivity contribution < 1.29 is 14.3 Å². The summed E-state index contributed by atoms with van der Waals surface area (Å²) in [6.07, 6.45) is 0. The third kappa shape index (κ3) is 3.80. The van der Waals surface area contributed by atoms with Crippen LogP contribution in [0, 0.1) is 6.92 Å². The predicted octanol–water partition coefficient (Wildman–Crippen LogP) is 6.08. The molecule has 4 heteroatoms. The zero-order valence-corrected chi connectivity index (χ0v) is 16.2. The second-order valence-electron chi connectivity index (χ2n) is 6.66. The summed E-state index contributed by atoms with van der Waals surface area (Å²) in [7, 11) is 0. The van der Waals surface area contributed by atoms with E-state index in [1.807, 2.05) is 31.2 Å². The van der Waals surface area contributed by atoms with Crippen molar-refractivity contribution in [3.05, 3.63) is 88.9 Å². The number of carbonyl (C=O) groups excluding carboxylic acids is 1. The summed E-state index contributed by atoms with van der Waals surface area (Å²) >= 11 is 5.95. The Balaban J connectivity index is 1.52. The zero-order chi connectivity index (χ0) is 19.5. The Kier molecular flexibility index (Phi) is 5.18. The van der Waals surface area contributed by atoms with Gasteiger partial charge in [0.05, 0.1) is 0 Å². The van der Waals surface area contributed by atoms with E-state index in [1.165, 1.54) is 0 Å². The van der Waals surface area contributed by atoms with Gasteiger partial charge in [-0.3, -0.25) is 0 Å². The Labute approximate surface area is 168 Å². The Morgan fingerprint density at radius 3 is 2.18 bits per heavy atom. The molecule has 0 radical (unpaired) electrons. The molecule has 0 aliphatic carbocycles. The van der Waals surface area contributed by atoms with Crippen molar-refractivity contribution in [3.63, 3.8) is 0 Å². The molecule has 0 atom stereocenters. The third-order valence-electron chi connectivity index (χ3n) is 4.74. The van der Waals surface area contributed by atoms with Crippen LogP contribution in [0.2, 0.25) is 5.02 Å². The molecule has 28 heavy (non-hydrogen) atoms. The van der Waals surface area contributed by atoms with E-state index in [1.54, 1.807) is 18.2 Å². The summed E-state index contributed by atoms with van der Waals surface area (Å²) in [5, 5.41) is 5.06. The van der Waals surface area contributed by atoms with Gasteiger partial charge in [0.15, 0.2) is 6.61 Å². The minimum atomic E-state index is -0.411. The van der Waals surface area contributed by atoms with Crippen molar-refractivity contribution in [1.82, 2.24) is 0 Å². The first-order valence-corrected chi connectivity index (χ1v) is 9.43. The lowest BCUT2D eigenvalue weighted by molar-refractivity contribution is -0.147. The van der Waals surface area contributed by atoms with Crippen LogP contribution in [0.3, 0.4) is 0 Å². The Hall–Kier alpha value is -3.04. The van der Waals surface area contributed by atoms with Crippen LogP contribution in [0.4, 0.5) is 0 Å². The van der Waals surface area contributed by atoms with E-state index in [9.17, 15) is 4.79 Å². The average Bonchev–Trinajstić information content (AvgIpc) is 2.70. The van der Waals surface area contributed by atoms with E-state index in [0.717, 1.165) is 32.7 Å². The number of esters is 1. The maximum Gasteiger partial charge on any atom is 0.344 e. The van der Waals surface area contributed by atoms with Crippen molar-refractivity contribution in [1.29, 1.82) is 0 Å². The van der Waals surface area contributed by atoms with Crippen LogP contribution in [-0.4, -0.2) is 12.6 Å². The molecule has 0 unspecified atom stereocenters. The first-order valence-electron chi connectivity index (χ1n) is 9.06. The van der Waals surface area contributed by atoms with E-state index in [2.05, 4.69) is 30.3 Å². The topological polar surface area (TPSA) is 35.5 Å². The fourth-order valence-corrected chi connectivity index (χ4v) is 3.60. The van der Waals surface area contributed by atoms with Crippen LogP contribution >= 0.6 is 11.6 Å². The molecular formula is C24H19ClO3. The van der Waals surface area contributed by atoms with Gasteiger partial charge in [0, 0.05) is 10.6 Å². The molecule has 4 aromatic rings. The van der Waals surface area contributed by atoms with Crippen molar-refractivity contribution >= 4 is 39.1 Å². The highest BCUT2D eigenvalue weighted by atomic mass is 35.5. The van der Waals surface area contributed by atoms with E-state index in [-0.39, 0.29) is 13.2 Å². The molecule has 3 nitrogen and oxygen atoms in total. The highest BCUT2D eigenvalue weighted by Gasteiger charge is 2.11. The van der Waals surface area contributed by atoms with Gasteiger partial charge < -0.3 is 9.47 Å². The number of hydrogen-bond acceptors (Lipinski definition) is 3. The van der Waals surface area contributed by atoms with Gasteiger partial charge in [0.2, 0.25) is 0 Å². The second kappa shape index (κ2) is 7.91. The van der Waals surface area contributed by atoms with Crippen molar-refractivity contribution in [2.75, 3.05) is 6.61 Å². The average molecular weight is 391 g/mol. The summed E-state index contributed by atoms with van der Waals surface area (Å²) in [4.78, 5) is 12.3. The lowest BCUT2D eigenvalue weighted by atomic mass is 9.97. The fraction of sp³-hybridized carbons (Fsp3) is 0.125. The molecule has 0 amide bonds. The van der Waals surface area contributed by atoms with E-state index in [0.29, 0.717) is 10.8 Å². The Bertz CT molecular complexity index is 1110. The molecule has 0 N–H and O–H groups in total.